The van der Waals surface area contributed by atoms with Crippen molar-refractivity contribution in [3.63, 3.8) is 0 Å². The summed E-state index contributed by atoms with van der Waals surface area (Å²) < 4.78 is 0. The Bertz CT molecular complexity index is 636. The standard InChI is InChI=1S/C19H24N2O2/c22-17-19(11-10-15-8-4-5-9-16(15)12-19)20-18(23)21(17)13-14-6-2-1-3-7-14/h4-5,8-9,14H,1-3,6-7,10-13H2,(H,20,23). The average Bonchev–Trinajstić information content (AvgIpc) is 2.80. The van der Waals surface area contributed by atoms with Crippen molar-refractivity contribution in [2.24, 2.45) is 5.92 Å². The molecule has 3 amide bonds. The van der Waals surface area contributed by atoms with Crippen LogP contribution in [0.4, 0.5) is 4.79 Å². The summed E-state index contributed by atoms with van der Waals surface area (Å²) >= 11 is 0. The Morgan fingerprint density at radius 3 is 2.61 bits per heavy atom. The van der Waals surface area contributed by atoms with Crippen LogP contribution in [0, 0.1) is 5.92 Å². The van der Waals surface area contributed by atoms with Gasteiger partial charge in [-0.15, -0.1) is 0 Å². The number of rotatable bonds is 2. The van der Waals surface area contributed by atoms with Crippen LogP contribution in [0.1, 0.15) is 49.7 Å². The minimum atomic E-state index is -0.694. The molecule has 122 valence electrons. The van der Waals surface area contributed by atoms with Crippen LogP contribution in [0.3, 0.4) is 0 Å². The average molecular weight is 312 g/mol. The monoisotopic (exact) mass is 312 g/mol. The summed E-state index contributed by atoms with van der Waals surface area (Å²) in [5.74, 6) is 0.493. The molecular weight excluding hydrogens is 288 g/mol. The summed E-state index contributed by atoms with van der Waals surface area (Å²) in [5.41, 5.74) is 1.82. The van der Waals surface area contributed by atoms with Gasteiger partial charge >= 0.3 is 6.03 Å². The first-order valence-corrected chi connectivity index (χ1v) is 8.89. The molecule has 23 heavy (non-hydrogen) atoms. The van der Waals surface area contributed by atoms with Crippen molar-refractivity contribution in [2.45, 2.75) is 56.9 Å². The van der Waals surface area contributed by atoms with Crippen molar-refractivity contribution in [1.29, 1.82) is 0 Å². The molecule has 1 aromatic rings. The second-order valence-electron chi connectivity index (χ2n) is 7.38. The number of carbonyl (C=O) groups is 2. The molecule has 0 bridgehead atoms. The van der Waals surface area contributed by atoms with Crippen molar-refractivity contribution in [2.75, 3.05) is 6.54 Å². The van der Waals surface area contributed by atoms with E-state index in [0.717, 1.165) is 25.7 Å². The van der Waals surface area contributed by atoms with Gasteiger partial charge in [0.2, 0.25) is 0 Å². The topological polar surface area (TPSA) is 49.4 Å². The molecule has 4 nitrogen and oxygen atoms in total. The number of benzene rings is 1. The second kappa shape index (κ2) is 5.66. The number of imide groups is 1. The van der Waals surface area contributed by atoms with Gasteiger partial charge < -0.3 is 5.32 Å². The molecule has 1 aromatic carbocycles. The van der Waals surface area contributed by atoms with Crippen LogP contribution >= 0.6 is 0 Å². The molecule has 1 N–H and O–H groups in total. The van der Waals surface area contributed by atoms with Gasteiger partial charge in [0.1, 0.15) is 5.54 Å². The van der Waals surface area contributed by atoms with E-state index in [2.05, 4.69) is 17.4 Å². The molecule has 2 aliphatic carbocycles. The summed E-state index contributed by atoms with van der Waals surface area (Å²) in [5, 5.41) is 3.04. The highest BCUT2D eigenvalue weighted by molar-refractivity contribution is 6.07. The molecule has 1 heterocycles. The molecule has 0 aromatic heterocycles. The zero-order valence-electron chi connectivity index (χ0n) is 13.5. The van der Waals surface area contributed by atoms with Crippen molar-refractivity contribution < 1.29 is 9.59 Å². The van der Waals surface area contributed by atoms with Crippen LogP contribution in [0.15, 0.2) is 24.3 Å². The lowest BCUT2D eigenvalue weighted by atomic mass is 9.78. The van der Waals surface area contributed by atoms with Crippen LogP contribution < -0.4 is 5.32 Å². The molecule has 4 rings (SSSR count). The minimum Gasteiger partial charge on any atom is -0.323 e. The van der Waals surface area contributed by atoms with Crippen molar-refractivity contribution in [3.05, 3.63) is 35.4 Å². The summed E-state index contributed by atoms with van der Waals surface area (Å²) in [4.78, 5) is 27.0. The lowest BCUT2D eigenvalue weighted by Gasteiger charge is -2.32. The summed E-state index contributed by atoms with van der Waals surface area (Å²) in [6.45, 7) is 0.605. The number of carbonyl (C=O) groups excluding carboxylic acids is 2. The Balaban J connectivity index is 1.53. The minimum absolute atomic E-state index is 0.00239. The SMILES string of the molecule is O=C1NC2(CCc3ccccc3C2)C(=O)N1CC1CCCCC1. The van der Waals surface area contributed by atoms with Gasteiger partial charge in [0.05, 0.1) is 0 Å². The summed E-state index contributed by atoms with van der Waals surface area (Å²) in [6, 6.07) is 8.09. The number of nitrogens with zero attached hydrogens (tertiary/aromatic N) is 1. The first kappa shape index (κ1) is 14.7. The smallest absolute Gasteiger partial charge is 0.323 e. The number of aryl methyl sites for hydroxylation is 1. The Morgan fingerprint density at radius 2 is 1.83 bits per heavy atom. The van der Waals surface area contributed by atoms with Gasteiger partial charge in [0, 0.05) is 13.0 Å². The molecule has 2 fully saturated rings. The molecule has 1 saturated heterocycles. The Hall–Kier alpha value is -1.84. The lowest BCUT2D eigenvalue weighted by Crippen LogP contribution is -2.51. The number of nitrogens with one attached hydrogen (secondary N) is 1. The maximum Gasteiger partial charge on any atom is 0.325 e. The highest BCUT2D eigenvalue weighted by Crippen LogP contribution is 2.35. The second-order valence-corrected chi connectivity index (χ2v) is 7.38. The lowest BCUT2D eigenvalue weighted by molar-refractivity contribution is -0.132. The van der Waals surface area contributed by atoms with Crippen molar-refractivity contribution >= 4 is 11.9 Å². The Kier molecular flexibility index (Phi) is 3.63. The van der Waals surface area contributed by atoms with E-state index in [1.54, 1.807) is 0 Å². The fourth-order valence-corrected chi connectivity index (χ4v) is 4.49. The van der Waals surface area contributed by atoms with Gasteiger partial charge in [-0.25, -0.2) is 4.79 Å². The van der Waals surface area contributed by atoms with E-state index < -0.39 is 5.54 Å². The van der Waals surface area contributed by atoms with E-state index in [1.807, 2.05) is 12.1 Å². The van der Waals surface area contributed by atoms with E-state index in [-0.39, 0.29) is 11.9 Å². The number of urea groups is 1. The largest absolute Gasteiger partial charge is 0.325 e. The van der Waals surface area contributed by atoms with E-state index >= 15 is 0 Å². The number of hydrogen-bond acceptors (Lipinski definition) is 2. The molecular formula is C19H24N2O2. The van der Waals surface area contributed by atoms with Crippen molar-refractivity contribution in [1.82, 2.24) is 10.2 Å². The molecule has 1 spiro atoms. The van der Waals surface area contributed by atoms with Gasteiger partial charge in [-0.3, -0.25) is 9.69 Å². The fraction of sp³-hybridized carbons (Fsp3) is 0.579. The zero-order valence-corrected chi connectivity index (χ0v) is 13.5. The van der Waals surface area contributed by atoms with Gasteiger partial charge in [-0.05, 0) is 42.7 Å². The van der Waals surface area contributed by atoms with Crippen LogP contribution in [0.5, 0.6) is 0 Å². The van der Waals surface area contributed by atoms with Crippen LogP contribution in [0.25, 0.3) is 0 Å². The van der Waals surface area contributed by atoms with E-state index in [1.165, 1.54) is 35.3 Å². The maximum absolute atomic E-state index is 13.0. The number of fused-ring (bicyclic) bond motifs is 1. The fourth-order valence-electron chi connectivity index (χ4n) is 4.49. The zero-order chi connectivity index (χ0) is 15.9. The first-order valence-electron chi connectivity index (χ1n) is 8.89. The third-order valence-corrected chi connectivity index (χ3v) is 5.84. The predicted molar refractivity (Wildman–Crippen MR) is 88.0 cm³/mol. The van der Waals surface area contributed by atoms with Crippen LogP contribution in [-0.4, -0.2) is 28.9 Å². The van der Waals surface area contributed by atoms with E-state index in [4.69, 9.17) is 0 Å². The molecule has 1 atom stereocenters. The molecule has 4 heteroatoms. The summed E-state index contributed by atoms with van der Waals surface area (Å²) in [6.07, 6.45) is 8.25. The predicted octanol–water partition coefficient (Wildman–Crippen LogP) is 3.05. The quantitative estimate of drug-likeness (QED) is 0.853. The van der Waals surface area contributed by atoms with Gasteiger partial charge in [-0.2, -0.15) is 0 Å². The number of amides is 3. The highest BCUT2D eigenvalue weighted by atomic mass is 16.2. The Labute approximate surface area is 137 Å². The normalized spacial score (nSPS) is 28.1. The molecule has 3 aliphatic rings. The van der Waals surface area contributed by atoms with E-state index in [9.17, 15) is 9.59 Å². The van der Waals surface area contributed by atoms with Crippen LogP contribution in [-0.2, 0) is 17.6 Å². The number of hydrogen-bond donors (Lipinski definition) is 1. The third-order valence-electron chi connectivity index (χ3n) is 5.84. The highest BCUT2D eigenvalue weighted by Gasteiger charge is 2.52. The molecule has 1 unspecified atom stereocenters. The maximum atomic E-state index is 13.0. The molecule has 0 radical (unpaired) electrons. The third kappa shape index (κ3) is 2.54. The van der Waals surface area contributed by atoms with Gasteiger partial charge in [-0.1, -0.05) is 43.5 Å². The molecule has 1 aliphatic heterocycles. The van der Waals surface area contributed by atoms with Crippen LogP contribution in [0.2, 0.25) is 0 Å². The molecule has 1 saturated carbocycles. The van der Waals surface area contributed by atoms with Gasteiger partial charge in [0.25, 0.3) is 5.91 Å². The first-order chi connectivity index (χ1) is 11.2. The van der Waals surface area contributed by atoms with Gasteiger partial charge in [0.15, 0.2) is 0 Å². The van der Waals surface area contributed by atoms with E-state index in [0.29, 0.717) is 18.9 Å². The van der Waals surface area contributed by atoms with Crippen molar-refractivity contribution in [3.8, 4) is 0 Å². The Morgan fingerprint density at radius 1 is 1.09 bits per heavy atom. The summed E-state index contributed by atoms with van der Waals surface area (Å²) in [7, 11) is 0.